The lowest BCUT2D eigenvalue weighted by Gasteiger charge is -2.29. The molecule has 0 bridgehead atoms. The Hall–Kier alpha value is -1.81. The Kier molecular flexibility index (Phi) is 10.6. The second kappa shape index (κ2) is 12.9. The Morgan fingerprint density at radius 1 is 1.23 bits per heavy atom. The number of aromatic nitrogens is 1. The Bertz CT molecular complexity index is 812. The number of hydrogen-bond acceptors (Lipinski definition) is 5. The molecule has 1 aliphatic heterocycles. The predicted octanol–water partition coefficient (Wildman–Crippen LogP) is 3.93. The molecule has 3 rings (SSSR count). The molecule has 1 aromatic carbocycles. The summed E-state index contributed by atoms with van der Waals surface area (Å²) >= 11 is 0. The van der Waals surface area contributed by atoms with E-state index in [4.69, 9.17) is 9.26 Å². The zero-order valence-corrected chi connectivity index (χ0v) is 21.4. The molecular formula is C23H36IN5O2. The summed E-state index contributed by atoms with van der Waals surface area (Å²) in [6.45, 7) is 7.86. The summed E-state index contributed by atoms with van der Waals surface area (Å²) in [5.74, 6) is 2.62. The van der Waals surface area contributed by atoms with Crippen LogP contribution in [0.2, 0.25) is 0 Å². The molecule has 1 fully saturated rings. The minimum absolute atomic E-state index is 0. The number of benzene rings is 1. The molecule has 0 saturated carbocycles. The fraction of sp³-hybridized carbons (Fsp3) is 0.565. The van der Waals surface area contributed by atoms with Gasteiger partial charge in [0.25, 0.3) is 0 Å². The molecule has 31 heavy (non-hydrogen) atoms. The minimum Gasteiger partial charge on any atom is -0.497 e. The lowest BCUT2D eigenvalue weighted by molar-refractivity contribution is 0.245. The van der Waals surface area contributed by atoms with E-state index in [1.54, 1.807) is 14.2 Å². The van der Waals surface area contributed by atoms with Crippen LogP contribution < -0.4 is 15.4 Å². The molecule has 1 aromatic heterocycles. The monoisotopic (exact) mass is 541 g/mol. The van der Waals surface area contributed by atoms with Crippen molar-refractivity contribution in [1.29, 1.82) is 0 Å². The van der Waals surface area contributed by atoms with Crippen LogP contribution in [-0.2, 0) is 19.4 Å². The standard InChI is InChI=1S/C23H35N5O2.HI/c1-5-20-19(22(6-2)30-27-20)15-25-23(24-3)26-16-21(28-12-7-8-13-28)17-10-9-11-18(14-17)29-4;/h9-11,14,21H,5-8,12-13,15-16H2,1-4H3,(H2,24,25,26);1H. The van der Waals surface area contributed by atoms with Crippen LogP contribution in [0.5, 0.6) is 5.75 Å². The number of rotatable bonds is 9. The average molecular weight is 541 g/mol. The maximum atomic E-state index is 5.48. The van der Waals surface area contributed by atoms with Gasteiger partial charge >= 0.3 is 0 Å². The molecular weight excluding hydrogens is 505 g/mol. The van der Waals surface area contributed by atoms with E-state index in [1.165, 1.54) is 18.4 Å². The fourth-order valence-corrected chi connectivity index (χ4v) is 4.08. The van der Waals surface area contributed by atoms with Gasteiger partial charge in [0.2, 0.25) is 0 Å². The number of nitrogens with zero attached hydrogens (tertiary/aromatic N) is 3. The van der Waals surface area contributed by atoms with Gasteiger partial charge in [-0.2, -0.15) is 0 Å². The molecule has 172 valence electrons. The van der Waals surface area contributed by atoms with Crippen LogP contribution in [0, 0.1) is 0 Å². The third-order valence-electron chi connectivity index (χ3n) is 5.79. The Morgan fingerprint density at radius 3 is 2.65 bits per heavy atom. The molecule has 2 heterocycles. The van der Waals surface area contributed by atoms with E-state index in [1.807, 2.05) is 6.07 Å². The number of hydrogen-bond donors (Lipinski definition) is 2. The van der Waals surface area contributed by atoms with Gasteiger partial charge in [-0.05, 0) is 50.0 Å². The fourth-order valence-electron chi connectivity index (χ4n) is 4.08. The summed E-state index contributed by atoms with van der Waals surface area (Å²) < 4.78 is 10.9. The van der Waals surface area contributed by atoms with Crippen molar-refractivity contribution < 1.29 is 9.26 Å². The molecule has 2 N–H and O–H groups in total. The molecule has 1 atom stereocenters. The highest BCUT2D eigenvalue weighted by molar-refractivity contribution is 14.0. The van der Waals surface area contributed by atoms with Crippen LogP contribution in [0.1, 0.15) is 55.3 Å². The first kappa shape index (κ1) is 25.5. The Labute approximate surface area is 203 Å². The number of ether oxygens (including phenoxy) is 1. The predicted molar refractivity (Wildman–Crippen MR) is 135 cm³/mol. The summed E-state index contributed by atoms with van der Waals surface area (Å²) in [7, 11) is 3.52. The highest BCUT2D eigenvalue weighted by atomic mass is 127. The van der Waals surface area contributed by atoms with Crippen LogP contribution in [0.3, 0.4) is 0 Å². The average Bonchev–Trinajstić information content (AvgIpc) is 3.45. The number of halogens is 1. The molecule has 1 unspecified atom stereocenters. The normalized spacial score (nSPS) is 15.4. The van der Waals surface area contributed by atoms with Crippen molar-refractivity contribution in [3.05, 3.63) is 46.8 Å². The highest BCUT2D eigenvalue weighted by Crippen LogP contribution is 2.27. The van der Waals surface area contributed by atoms with E-state index >= 15 is 0 Å². The number of aliphatic imine (C=N–C) groups is 1. The third kappa shape index (κ3) is 6.58. The Balaban J connectivity index is 0.00000341. The maximum Gasteiger partial charge on any atom is 0.191 e. The number of likely N-dealkylation sites (tertiary alicyclic amines) is 1. The molecule has 7 nitrogen and oxygen atoms in total. The SMILES string of the molecule is CCc1noc(CC)c1CNC(=NC)NCC(c1cccc(OC)c1)N1CCCC1.I. The molecule has 2 aromatic rings. The highest BCUT2D eigenvalue weighted by Gasteiger charge is 2.24. The molecule has 0 radical (unpaired) electrons. The number of guanidine groups is 1. The second-order valence-electron chi connectivity index (χ2n) is 7.58. The smallest absolute Gasteiger partial charge is 0.191 e. The molecule has 0 aliphatic carbocycles. The first-order valence-electron chi connectivity index (χ1n) is 11.0. The van der Waals surface area contributed by atoms with Crippen molar-refractivity contribution in [2.75, 3.05) is 33.8 Å². The van der Waals surface area contributed by atoms with Crippen molar-refractivity contribution in [3.63, 3.8) is 0 Å². The summed E-state index contributed by atoms with van der Waals surface area (Å²) in [4.78, 5) is 6.97. The molecule has 0 amide bonds. The second-order valence-corrected chi connectivity index (χ2v) is 7.58. The molecule has 1 saturated heterocycles. The Morgan fingerprint density at radius 2 is 2.00 bits per heavy atom. The molecule has 8 heteroatoms. The van der Waals surface area contributed by atoms with E-state index < -0.39 is 0 Å². The van der Waals surface area contributed by atoms with Crippen molar-refractivity contribution in [2.45, 2.75) is 52.1 Å². The zero-order chi connectivity index (χ0) is 21.3. The summed E-state index contributed by atoms with van der Waals surface area (Å²) in [5, 5.41) is 11.2. The first-order chi connectivity index (χ1) is 14.7. The van der Waals surface area contributed by atoms with Crippen molar-refractivity contribution in [1.82, 2.24) is 20.7 Å². The van der Waals surface area contributed by atoms with Crippen molar-refractivity contribution in [2.24, 2.45) is 4.99 Å². The zero-order valence-electron chi connectivity index (χ0n) is 19.1. The van der Waals surface area contributed by atoms with Crippen LogP contribution >= 0.6 is 24.0 Å². The van der Waals surface area contributed by atoms with E-state index in [2.05, 4.69) is 57.7 Å². The lowest BCUT2D eigenvalue weighted by Crippen LogP contribution is -2.42. The largest absolute Gasteiger partial charge is 0.497 e. The van der Waals surface area contributed by atoms with Gasteiger partial charge < -0.3 is 19.9 Å². The summed E-state index contributed by atoms with van der Waals surface area (Å²) in [5.41, 5.74) is 3.42. The molecule has 0 spiro atoms. The number of aryl methyl sites for hydroxylation is 2. The van der Waals surface area contributed by atoms with Gasteiger partial charge in [-0.15, -0.1) is 24.0 Å². The summed E-state index contributed by atoms with van der Waals surface area (Å²) in [6, 6.07) is 8.65. The van der Waals surface area contributed by atoms with Gasteiger partial charge in [0, 0.05) is 32.1 Å². The van der Waals surface area contributed by atoms with Crippen LogP contribution in [0.25, 0.3) is 0 Å². The van der Waals surface area contributed by atoms with Gasteiger partial charge in [-0.1, -0.05) is 31.1 Å². The van der Waals surface area contributed by atoms with Gasteiger partial charge in [0.05, 0.1) is 18.8 Å². The van der Waals surface area contributed by atoms with E-state index in [0.29, 0.717) is 6.54 Å². The van der Waals surface area contributed by atoms with Gasteiger partial charge in [0.15, 0.2) is 5.96 Å². The van der Waals surface area contributed by atoms with Gasteiger partial charge in [-0.3, -0.25) is 9.89 Å². The van der Waals surface area contributed by atoms with Crippen molar-refractivity contribution in [3.8, 4) is 5.75 Å². The van der Waals surface area contributed by atoms with Gasteiger partial charge in [-0.25, -0.2) is 0 Å². The van der Waals surface area contributed by atoms with E-state index in [0.717, 1.165) is 61.2 Å². The minimum atomic E-state index is 0. The lowest BCUT2D eigenvalue weighted by atomic mass is 10.1. The third-order valence-corrected chi connectivity index (χ3v) is 5.79. The first-order valence-corrected chi connectivity index (χ1v) is 11.0. The van der Waals surface area contributed by atoms with Gasteiger partial charge in [0.1, 0.15) is 11.5 Å². The summed E-state index contributed by atoms with van der Waals surface area (Å²) in [6.07, 6.45) is 4.20. The van der Waals surface area contributed by atoms with E-state index in [-0.39, 0.29) is 30.0 Å². The van der Waals surface area contributed by atoms with E-state index in [9.17, 15) is 0 Å². The van der Waals surface area contributed by atoms with Crippen LogP contribution in [0.15, 0.2) is 33.8 Å². The van der Waals surface area contributed by atoms with Crippen LogP contribution in [-0.4, -0.2) is 49.8 Å². The van der Waals surface area contributed by atoms with Crippen LogP contribution in [0.4, 0.5) is 0 Å². The maximum absolute atomic E-state index is 5.48. The number of methoxy groups -OCH3 is 1. The molecule has 1 aliphatic rings. The number of nitrogens with one attached hydrogen (secondary N) is 2. The van der Waals surface area contributed by atoms with Crippen molar-refractivity contribution >= 4 is 29.9 Å². The topological polar surface area (TPSA) is 74.9 Å². The quantitative estimate of drug-likeness (QED) is 0.285.